The van der Waals surface area contributed by atoms with Crippen LogP contribution in [-0.4, -0.2) is 89.2 Å². The third kappa shape index (κ3) is 36.4. The minimum absolute atomic E-state index is 0.0321. The first-order valence-electron chi connectivity index (χ1n) is 26.2. The van der Waals surface area contributed by atoms with Gasteiger partial charge in [0, 0.05) is 6.42 Å². The molecule has 0 radical (unpaired) electrons. The third-order valence-electron chi connectivity index (χ3n) is 10.8. The summed E-state index contributed by atoms with van der Waals surface area (Å²) in [5.74, 6) is -3.49. The molecule has 12 heteroatoms. The summed E-state index contributed by atoms with van der Waals surface area (Å²) in [6.45, 7) is 5.53. The van der Waals surface area contributed by atoms with Crippen molar-refractivity contribution in [1.29, 1.82) is 0 Å². The zero-order chi connectivity index (χ0) is 51.8. The molecule has 0 saturated carbocycles. The van der Waals surface area contributed by atoms with Gasteiger partial charge in [-0.25, -0.2) is 4.79 Å². The van der Waals surface area contributed by atoms with Crippen molar-refractivity contribution in [3.8, 4) is 0 Å². The van der Waals surface area contributed by atoms with Gasteiger partial charge in [0.1, 0.15) is 18.8 Å². The van der Waals surface area contributed by atoms with Crippen LogP contribution in [0.5, 0.6) is 0 Å². The Morgan fingerprint density at radius 1 is 0.493 bits per heavy atom. The number of hydrogen-bond donors (Lipinski definition) is 3. The van der Waals surface area contributed by atoms with Crippen LogP contribution in [0.3, 0.4) is 0 Å². The largest absolute Gasteiger partial charge is 0.479 e. The predicted octanol–water partition coefficient (Wildman–Crippen LogP) is 12.7. The molecule has 3 N–H and O–H groups in total. The van der Waals surface area contributed by atoms with Crippen LogP contribution in [0.4, 0.5) is 0 Å². The average molecular weight is 989 g/mol. The third-order valence-corrected chi connectivity index (χ3v) is 10.8. The highest BCUT2D eigenvalue weighted by Crippen LogP contribution is 2.26. The summed E-state index contributed by atoms with van der Waals surface area (Å²) >= 11 is 0. The molecule has 1 heterocycles. The smallest absolute Gasteiger partial charge is 0.335 e. The van der Waals surface area contributed by atoms with Gasteiger partial charge < -0.3 is 39.0 Å². The molecule has 0 aromatic carbocycles. The molecule has 1 rings (SSSR count). The molecule has 0 aliphatic carbocycles. The van der Waals surface area contributed by atoms with Gasteiger partial charge in [-0.15, -0.1) is 0 Å². The van der Waals surface area contributed by atoms with E-state index in [1.165, 1.54) is 12.8 Å². The van der Waals surface area contributed by atoms with Gasteiger partial charge in [0.15, 0.2) is 24.6 Å². The van der Waals surface area contributed by atoms with E-state index in [4.69, 9.17) is 23.7 Å². The first-order chi connectivity index (χ1) is 34.6. The monoisotopic (exact) mass is 989 g/mol. The number of aliphatic hydroxyl groups is 2. The van der Waals surface area contributed by atoms with Crippen molar-refractivity contribution < 1.29 is 58.2 Å². The van der Waals surface area contributed by atoms with Crippen LogP contribution in [0.25, 0.3) is 0 Å². The minimum atomic E-state index is -1.95. The molecule has 6 atom stereocenters. The number of unbranched alkanes of at least 4 members (excludes halogenated alkanes) is 7. The molecular formula is C59H88O12. The van der Waals surface area contributed by atoms with Crippen molar-refractivity contribution >= 4 is 23.9 Å². The number of ether oxygens (including phenoxy) is 5. The van der Waals surface area contributed by atoms with Gasteiger partial charge >= 0.3 is 23.9 Å². The molecule has 6 unspecified atom stereocenters. The highest BCUT2D eigenvalue weighted by atomic mass is 16.7. The van der Waals surface area contributed by atoms with Crippen molar-refractivity contribution in [2.45, 2.75) is 199 Å². The van der Waals surface area contributed by atoms with Crippen LogP contribution < -0.4 is 0 Å². The summed E-state index contributed by atoms with van der Waals surface area (Å²) in [6.07, 6.45) is 52.1. The Kier molecular flexibility index (Phi) is 41.4. The maximum Gasteiger partial charge on any atom is 0.335 e. The van der Waals surface area contributed by atoms with Crippen LogP contribution in [0.15, 0.2) is 134 Å². The lowest BCUT2D eigenvalue weighted by atomic mass is 9.98. The second-order valence-electron chi connectivity index (χ2n) is 17.1. The summed E-state index contributed by atoms with van der Waals surface area (Å²) in [5.41, 5.74) is 0. The lowest BCUT2D eigenvalue weighted by Crippen LogP contribution is -2.61. The average Bonchev–Trinajstić information content (AvgIpc) is 3.35. The van der Waals surface area contributed by atoms with E-state index in [0.29, 0.717) is 19.3 Å². The number of aliphatic hydroxyl groups excluding tert-OH is 2. The number of hydrogen-bond acceptors (Lipinski definition) is 11. The van der Waals surface area contributed by atoms with Gasteiger partial charge in [0.05, 0.1) is 19.4 Å². The number of aliphatic carboxylic acids is 1. The quantitative estimate of drug-likeness (QED) is 0.0229. The van der Waals surface area contributed by atoms with Crippen LogP contribution in [0, 0.1) is 0 Å². The summed E-state index contributed by atoms with van der Waals surface area (Å²) in [5, 5.41) is 31.3. The topological polar surface area (TPSA) is 175 Å². The van der Waals surface area contributed by atoms with Crippen molar-refractivity contribution in [2.75, 3.05) is 13.2 Å². The SMILES string of the molecule is CC/C=C\C/C=C\C/C=C\C/C=C\C/C=C\CC(=O)OCC(COC1OC(C(=O)O)C(O)C(O)C1OC(=O)C/C=C\C/C=C\C/C=C\C/C=C\C/C=C\CC)OC(=O)CCCCCCC/C=C\CCCC. The number of carbonyl (C=O) groups excluding carboxylic acids is 3. The Hall–Kier alpha value is -5.14. The number of carbonyl (C=O) groups is 4. The Labute approximate surface area is 426 Å². The number of carboxylic acid groups (broad SMARTS) is 1. The van der Waals surface area contributed by atoms with E-state index in [9.17, 15) is 34.5 Å². The van der Waals surface area contributed by atoms with E-state index >= 15 is 0 Å². The molecule has 0 aromatic heterocycles. The standard InChI is InChI=1S/C59H88O12/c1-4-7-10-13-16-19-22-24-26-28-31-33-36-39-42-45-51(60)67-48-50(69-52(61)46-43-40-37-34-30-21-18-15-12-9-6-3)49-68-59-57(55(64)54(63)56(71-59)58(65)66)70-53(62)47-44-41-38-35-32-29-27-25-23-20-17-14-11-8-5-2/h7-8,10-11,15-20,24-27,31-33,35,39,41-42,44,50,54-57,59,63-64H,4-6,9,12-14,21-23,28-30,34,36-38,40,43,45-49H2,1-3H3,(H,65,66)/b10-7-,11-8-,18-15-,19-16-,20-17-,26-24-,27-25-,33-31-,35-32-,42-39-,44-41-. The molecule has 0 spiro atoms. The highest BCUT2D eigenvalue weighted by molar-refractivity contribution is 5.74. The molecule has 71 heavy (non-hydrogen) atoms. The predicted molar refractivity (Wildman–Crippen MR) is 284 cm³/mol. The Balaban J connectivity index is 2.85. The number of carboxylic acids is 1. The molecule has 0 amide bonds. The molecule has 0 bridgehead atoms. The van der Waals surface area contributed by atoms with Gasteiger partial charge in [-0.1, -0.05) is 187 Å². The summed E-state index contributed by atoms with van der Waals surface area (Å²) in [6, 6.07) is 0. The summed E-state index contributed by atoms with van der Waals surface area (Å²) < 4.78 is 28.0. The lowest BCUT2D eigenvalue weighted by molar-refractivity contribution is -0.301. The van der Waals surface area contributed by atoms with E-state index in [0.717, 1.165) is 89.9 Å². The number of allylic oxidation sites excluding steroid dienone is 20. The van der Waals surface area contributed by atoms with E-state index in [1.807, 2.05) is 30.4 Å². The number of rotatable bonds is 41. The first-order valence-corrected chi connectivity index (χ1v) is 26.2. The van der Waals surface area contributed by atoms with Crippen LogP contribution >= 0.6 is 0 Å². The first kappa shape index (κ1) is 63.9. The van der Waals surface area contributed by atoms with Gasteiger partial charge in [-0.2, -0.15) is 0 Å². The Morgan fingerprint density at radius 3 is 1.41 bits per heavy atom. The fourth-order valence-corrected chi connectivity index (χ4v) is 6.79. The zero-order valence-electron chi connectivity index (χ0n) is 43.2. The molecule has 1 aliphatic heterocycles. The summed E-state index contributed by atoms with van der Waals surface area (Å²) in [7, 11) is 0. The van der Waals surface area contributed by atoms with Gasteiger partial charge in [-0.05, 0) is 89.9 Å². The van der Waals surface area contributed by atoms with Crippen LogP contribution in [-0.2, 0) is 42.9 Å². The fourth-order valence-electron chi connectivity index (χ4n) is 6.79. The second-order valence-corrected chi connectivity index (χ2v) is 17.1. The number of esters is 3. The molecule has 1 fully saturated rings. The maximum absolute atomic E-state index is 13.0. The summed E-state index contributed by atoms with van der Waals surface area (Å²) in [4.78, 5) is 50.7. The molecular weight excluding hydrogens is 901 g/mol. The lowest BCUT2D eigenvalue weighted by Gasteiger charge is -2.40. The second kappa shape index (κ2) is 46.0. The van der Waals surface area contributed by atoms with Crippen LogP contribution in [0.1, 0.15) is 162 Å². The van der Waals surface area contributed by atoms with Crippen molar-refractivity contribution in [1.82, 2.24) is 0 Å². The Morgan fingerprint density at radius 2 is 0.930 bits per heavy atom. The molecule has 0 aromatic rings. The zero-order valence-corrected chi connectivity index (χ0v) is 43.2. The van der Waals surface area contributed by atoms with Crippen LogP contribution in [0.2, 0.25) is 0 Å². The Bertz CT molecular complexity index is 1740. The fraction of sp³-hybridized carbons (Fsp3) is 0.559. The van der Waals surface area contributed by atoms with Gasteiger partial charge in [0.25, 0.3) is 0 Å². The van der Waals surface area contributed by atoms with Gasteiger partial charge in [0.2, 0.25) is 0 Å². The van der Waals surface area contributed by atoms with E-state index < -0.39 is 73.9 Å². The normalized spacial score (nSPS) is 19.6. The highest BCUT2D eigenvalue weighted by Gasteiger charge is 2.50. The van der Waals surface area contributed by atoms with Gasteiger partial charge in [-0.3, -0.25) is 14.4 Å². The van der Waals surface area contributed by atoms with E-state index in [1.54, 1.807) is 18.2 Å². The van der Waals surface area contributed by atoms with E-state index in [-0.39, 0.29) is 19.3 Å². The van der Waals surface area contributed by atoms with Crippen molar-refractivity contribution in [3.63, 3.8) is 0 Å². The molecule has 12 nitrogen and oxygen atoms in total. The van der Waals surface area contributed by atoms with Crippen molar-refractivity contribution in [2.24, 2.45) is 0 Å². The van der Waals surface area contributed by atoms with E-state index in [2.05, 4.69) is 106 Å². The van der Waals surface area contributed by atoms with Crippen molar-refractivity contribution in [3.05, 3.63) is 134 Å². The maximum atomic E-state index is 13.0. The minimum Gasteiger partial charge on any atom is -0.479 e. The molecule has 1 aliphatic rings. The molecule has 396 valence electrons. The molecule has 1 saturated heterocycles.